The Hall–Kier alpha value is -1.26. The standard InChI is InChI=1S/C15H21ClN2O2/c1-20-14-7-4-12(16)9-11(14)10-17-8-2-3-15(19)18-13-5-6-13/h4,7,9,13,17H,2-3,5-6,8,10H2,1H3,(H,18,19). The molecule has 0 unspecified atom stereocenters. The van der Waals surface area contributed by atoms with Crippen LogP contribution in [-0.2, 0) is 11.3 Å². The van der Waals surface area contributed by atoms with E-state index in [-0.39, 0.29) is 5.91 Å². The molecule has 1 aliphatic rings. The van der Waals surface area contributed by atoms with Crippen LogP contribution in [-0.4, -0.2) is 25.6 Å². The highest BCUT2D eigenvalue weighted by Crippen LogP contribution is 2.22. The van der Waals surface area contributed by atoms with Gasteiger partial charge in [0.1, 0.15) is 5.75 Å². The Morgan fingerprint density at radius 1 is 1.45 bits per heavy atom. The predicted molar refractivity (Wildman–Crippen MR) is 80.1 cm³/mol. The van der Waals surface area contributed by atoms with E-state index < -0.39 is 0 Å². The van der Waals surface area contributed by atoms with Gasteiger partial charge in [-0.05, 0) is 44.0 Å². The van der Waals surface area contributed by atoms with E-state index in [1.807, 2.05) is 18.2 Å². The van der Waals surface area contributed by atoms with Gasteiger partial charge in [0.25, 0.3) is 0 Å². The van der Waals surface area contributed by atoms with E-state index in [1.54, 1.807) is 7.11 Å². The zero-order valence-corrected chi connectivity index (χ0v) is 12.5. The van der Waals surface area contributed by atoms with E-state index in [4.69, 9.17) is 16.3 Å². The minimum absolute atomic E-state index is 0.162. The number of ether oxygens (including phenoxy) is 1. The second kappa shape index (κ2) is 7.50. The topological polar surface area (TPSA) is 50.4 Å². The molecule has 0 spiro atoms. The van der Waals surface area contributed by atoms with Gasteiger partial charge < -0.3 is 15.4 Å². The van der Waals surface area contributed by atoms with Crippen molar-refractivity contribution < 1.29 is 9.53 Å². The minimum Gasteiger partial charge on any atom is -0.496 e. The molecular formula is C15H21ClN2O2. The quantitative estimate of drug-likeness (QED) is 0.725. The zero-order valence-electron chi connectivity index (χ0n) is 11.7. The molecule has 1 aromatic carbocycles. The van der Waals surface area contributed by atoms with Crippen molar-refractivity contribution in [2.45, 2.75) is 38.3 Å². The Morgan fingerprint density at radius 3 is 2.95 bits per heavy atom. The SMILES string of the molecule is COc1ccc(Cl)cc1CNCCCC(=O)NC1CC1. The molecule has 0 bridgehead atoms. The highest BCUT2D eigenvalue weighted by molar-refractivity contribution is 6.30. The van der Waals surface area contributed by atoms with E-state index in [2.05, 4.69) is 10.6 Å². The second-order valence-corrected chi connectivity index (χ2v) is 5.51. The molecule has 1 aromatic rings. The number of nitrogens with one attached hydrogen (secondary N) is 2. The molecule has 110 valence electrons. The Bertz CT molecular complexity index is 461. The van der Waals surface area contributed by atoms with Crippen LogP contribution in [0.25, 0.3) is 0 Å². The van der Waals surface area contributed by atoms with Gasteiger partial charge in [-0.1, -0.05) is 11.6 Å². The van der Waals surface area contributed by atoms with Crippen LogP contribution in [0.2, 0.25) is 5.02 Å². The molecule has 1 amide bonds. The summed E-state index contributed by atoms with van der Waals surface area (Å²) in [7, 11) is 1.65. The fourth-order valence-corrected chi connectivity index (χ4v) is 2.20. The van der Waals surface area contributed by atoms with Crippen LogP contribution in [0.4, 0.5) is 0 Å². The summed E-state index contributed by atoms with van der Waals surface area (Å²) in [6.07, 6.45) is 3.69. The Morgan fingerprint density at radius 2 is 2.25 bits per heavy atom. The minimum atomic E-state index is 0.162. The van der Waals surface area contributed by atoms with Crippen LogP contribution in [0, 0.1) is 0 Å². The largest absolute Gasteiger partial charge is 0.496 e. The third kappa shape index (κ3) is 5.02. The number of methoxy groups -OCH3 is 1. The van der Waals surface area contributed by atoms with Gasteiger partial charge in [-0.2, -0.15) is 0 Å². The van der Waals surface area contributed by atoms with Crippen LogP contribution in [0.5, 0.6) is 5.75 Å². The van der Waals surface area contributed by atoms with Gasteiger partial charge in [-0.15, -0.1) is 0 Å². The molecule has 2 N–H and O–H groups in total. The van der Waals surface area contributed by atoms with Gasteiger partial charge >= 0.3 is 0 Å². The lowest BCUT2D eigenvalue weighted by atomic mass is 10.2. The number of carbonyl (C=O) groups excluding carboxylic acids is 1. The zero-order chi connectivity index (χ0) is 14.4. The highest BCUT2D eigenvalue weighted by atomic mass is 35.5. The van der Waals surface area contributed by atoms with E-state index in [0.29, 0.717) is 24.0 Å². The predicted octanol–water partition coefficient (Wildman–Crippen LogP) is 2.50. The van der Waals surface area contributed by atoms with Crippen molar-refractivity contribution in [2.75, 3.05) is 13.7 Å². The third-order valence-corrected chi connectivity index (χ3v) is 3.49. The summed E-state index contributed by atoms with van der Waals surface area (Å²) in [4.78, 5) is 11.5. The lowest BCUT2D eigenvalue weighted by Gasteiger charge is -2.10. The molecule has 0 saturated heterocycles. The van der Waals surface area contributed by atoms with E-state index >= 15 is 0 Å². The van der Waals surface area contributed by atoms with Crippen LogP contribution in [0.15, 0.2) is 18.2 Å². The highest BCUT2D eigenvalue weighted by Gasteiger charge is 2.22. The number of hydrogen-bond donors (Lipinski definition) is 2. The molecule has 0 atom stereocenters. The summed E-state index contributed by atoms with van der Waals surface area (Å²) in [5, 5.41) is 6.99. The van der Waals surface area contributed by atoms with Gasteiger partial charge in [0.05, 0.1) is 7.11 Å². The molecule has 1 saturated carbocycles. The lowest BCUT2D eigenvalue weighted by Crippen LogP contribution is -2.26. The van der Waals surface area contributed by atoms with Crippen molar-refractivity contribution >= 4 is 17.5 Å². The maximum absolute atomic E-state index is 11.5. The van der Waals surface area contributed by atoms with E-state index in [0.717, 1.165) is 37.1 Å². The number of hydrogen-bond acceptors (Lipinski definition) is 3. The van der Waals surface area contributed by atoms with Gasteiger partial charge in [-0.25, -0.2) is 0 Å². The molecule has 5 heteroatoms. The monoisotopic (exact) mass is 296 g/mol. The maximum Gasteiger partial charge on any atom is 0.220 e. The molecular weight excluding hydrogens is 276 g/mol. The van der Waals surface area contributed by atoms with Gasteiger partial charge in [0.2, 0.25) is 5.91 Å². The Labute approximate surface area is 124 Å². The lowest BCUT2D eigenvalue weighted by molar-refractivity contribution is -0.121. The normalized spacial score (nSPS) is 14.1. The van der Waals surface area contributed by atoms with Crippen LogP contribution >= 0.6 is 11.6 Å². The smallest absolute Gasteiger partial charge is 0.220 e. The molecule has 0 aromatic heterocycles. The summed E-state index contributed by atoms with van der Waals surface area (Å²) in [5.41, 5.74) is 1.03. The Kier molecular flexibility index (Phi) is 5.68. The number of rotatable bonds is 8. The summed E-state index contributed by atoms with van der Waals surface area (Å²) in [6.45, 7) is 1.49. The van der Waals surface area contributed by atoms with Crippen molar-refractivity contribution in [2.24, 2.45) is 0 Å². The summed E-state index contributed by atoms with van der Waals surface area (Å²) in [5.74, 6) is 0.989. The van der Waals surface area contributed by atoms with Crippen LogP contribution in [0.1, 0.15) is 31.2 Å². The number of benzene rings is 1. The molecule has 0 aliphatic heterocycles. The first-order chi connectivity index (χ1) is 9.69. The van der Waals surface area contributed by atoms with Gasteiger partial charge in [-0.3, -0.25) is 4.79 Å². The Balaban J connectivity index is 1.65. The fourth-order valence-electron chi connectivity index (χ4n) is 2.01. The molecule has 1 fully saturated rings. The van der Waals surface area contributed by atoms with Gasteiger partial charge in [0, 0.05) is 29.6 Å². The first-order valence-corrected chi connectivity index (χ1v) is 7.39. The fraction of sp³-hybridized carbons (Fsp3) is 0.533. The van der Waals surface area contributed by atoms with Crippen LogP contribution < -0.4 is 15.4 Å². The number of amides is 1. The summed E-state index contributed by atoms with van der Waals surface area (Å²) >= 11 is 5.97. The van der Waals surface area contributed by atoms with Gasteiger partial charge in [0.15, 0.2) is 0 Å². The molecule has 2 rings (SSSR count). The molecule has 0 radical (unpaired) electrons. The number of halogens is 1. The maximum atomic E-state index is 11.5. The first-order valence-electron chi connectivity index (χ1n) is 7.01. The summed E-state index contributed by atoms with van der Waals surface area (Å²) in [6, 6.07) is 6.02. The molecule has 1 aliphatic carbocycles. The van der Waals surface area contributed by atoms with Crippen molar-refractivity contribution in [3.8, 4) is 5.75 Å². The van der Waals surface area contributed by atoms with E-state index in [1.165, 1.54) is 0 Å². The molecule has 4 nitrogen and oxygen atoms in total. The molecule has 0 heterocycles. The average molecular weight is 297 g/mol. The van der Waals surface area contributed by atoms with Crippen molar-refractivity contribution in [3.63, 3.8) is 0 Å². The third-order valence-electron chi connectivity index (χ3n) is 3.26. The van der Waals surface area contributed by atoms with E-state index in [9.17, 15) is 4.79 Å². The number of carbonyl (C=O) groups is 1. The van der Waals surface area contributed by atoms with Crippen molar-refractivity contribution in [1.82, 2.24) is 10.6 Å². The molecule has 20 heavy (non-hydrogen) atoms. The summed E-state index contributed by atoms with van der Waals surface area (Å²) < 4.78 is 5.28. The van der Waals surface area contributed by atoms with Crippen LogP contribution in [0.3, 0.4) is 0 Å². The second-order valence-electron chi connectivity index (χ2n) is 5.08. The first kappa shape index (κ1) is 15.1. The van der Waals surface area contributed by atoms with Crippen molar-refractivity contribution in [3.05, 3.63) is 28.8 Å². The van der Waals surface area contributed by atoms with Crippen molar-refractivity contribution in [1.29, 1.82) is 0 Å². The average Bonchev–Trinajstić information content (AvgIpc) is 3.22.